The Kier molecular flexibility index (Phi) is 11.4. The van der Waals surface area contributed by atoms with Crippen LogP contribution in [0.5, 0.6) is 5.75 Å². The Bertz CT molecular complexity index is 683. The average molecular weight is 424 g/mol. The van der Waals surface area contributed by atoms with Crippen LogP contribution in [0.4, 0.5) is 4.39 Å². The van der Waals surface area contributed by atoms with Crippen LogP contribution >= 0.6 is 36.2 Å². The van der Waals surface area contributed by atoms with Crippen molar-refractivity contribution in [2.75, 3.05) is 13.1 Å². The van der Waals surface area contributed by atoms with Gasteiger partial charge in [0.2, 0.25) is 0 Å². The number of nitrogens with one attached hydrogen (secondary N) is 2. The lowest BCUT2D eigenvalue weighted by molar-refractivity contribution is 0.0953. The number of halogens is 3. The van der Waals surface area contributed by atoms with Gasteiger partial charge in [0.15, 0.2) is 0 Å². The third kappa shape index (κ3) is 7.45. The molecule has 9 heteroatoms. The molecule has 26 heavy (non-hydrogen) atoms. The fourth-order valence-electron chi connectivity index (χ4n) is 2.15. The number of carbonyl (C=O) groups excluding carboxylic acids is 1. The highest BCUT2D eigenvalue weighted by Crippen LogP contribution is 2.20. The fraction of sp³-hybridized carbons (Fsp3) is 0.412. The molecule has 0 spiro atoms. The van der Waals surface area contributed by atoms with Crippen LogP contribution in [0.25, 0.3) is 0 Å². The molecule has 0 aliphatic rings. The summed E-state index contributed by atoms with van der Waals surface area (Å²) in [5.41, 5.74) is 0.686. The van der Waals surface area contributed by atoms with Gasteiger partial charge in [-0.1, -0.05) is 6.92 Å². The third-order valence-electron chi connectivity index (χ3n) is 3.34. The number of carbonyl (C=O) groups is 1. The van der Waals surface area contributed by atoms with Gasteiger partial charge in [-0.25, -0.2) is 9.37 Å². The number of thiazole rings is 1. The Labute approximate surface area is 169 Å². The lowest BCUT2D eigenvalue weighted by Gasteiger charge is -2.12. The number of hydrogen-bond acceptors (Lipinski definition) is 5. The highest BCUT2D eigenvalue weighted by atomic mass is 35.5. The van der Waals surface area contributed by atoms with E-state index in [1.807, 2.05) is 13.8 Å². The number of hydrogen-bond donors (Lipinski definition) is 2. The molecule has 1 amide bonds. The van der Waals surface area contributed by atoms with E-state index in [2.05, 4.69) is 15.6 Å². The summed E-state index contributed by atoms with van der Waals surface area (Å²) in [6, 6.07) is 6.02. The number of ether oxygens (including phenoxy) is 1. The second-order valence-electron chi connectivity index (χ2n) is 5.43. The minimum absolute atomic E-state index is 0. The van der Waals surface area contributed by atoms with Crippen LogP contribution in [0.1, 0.15) is 34.2 Å². The molecule has 1 heterocycles. The molecule has 1 aromatic carbocycles. The Morgan fingerprint density at radius 2 is 1.96 bits per heavy atom. The van der Waals surface area contributed by atoms with E-state index in [-0.39, 0.29) is 49.2 Å². The molecule has 1 atom stereocenters. The molecule has 2 N–H and O–H groups in total. The van der Waals surface area contributed by atoms with Gasteiger partial charge in [0.25, 0.3) is 5.91 Å². The molecular formula is C17H24Cl2FN3O2S. The molecule has 0 fully saturated rings. The summed E-state index contributed by atoms with van der Waals surface area (Å²) in [4.78, 5) is 17.2. The minimum Gasteiger partial charge on any atom is -0.486 e. The summed E-state index contributed by atoms with van der Waals surface area (Å²) in [5, 5.41) is 6.86. The second kappa shape index (κ2) is 12.1. The normalized spacial score (nSPS) is 11.1. The van der Waals surface area contributed by atoms with Crippen LogP contribution in [0.15, 0.2) is 24.3 Å². The Morgan fingerprint density at radius 1 is 1.31 bits per heavy atom. The molecule has 0 aliphatic heterocycles. The van der Waals surface area contributed by atoms with Gasteiger partial charge >= 0.3 is 0 Å². The summed E-state index contributed by atoms with van der Waals surface area (Å²) < 4.78 is 18.4. The predicted molar refractivity (Wildman–Crippen MR) is 108 cm³/mol. The van der Waals surface area contributed by atoms with Gasteiger partial charge in [-0.2, -0.15) is 0 Å². The van der Waals surface area contributed by atoms with Gasteiger partial charge in [-0.15, -0.1) is 36.2 Å². The smallest absolute Gasteiger partial charge is 0.263 e. The highest BCUT2D eigenvalue weighted by Gasteiger charge is 2.16. The van der Waals surface area contributed by atoms with Crippen molar-refractivity contribution >= 4 is 42.1 Å². The van der Waals surface area contributed by atoms with Crippen molar-refractivity contribution in [2.45, 2.75) is 33.4 Å². The van der Waals surface area contributed by atoms with Gasteiger partial charge in [0, 0.05) is 12.6 Å². The molecule has 0 radical (unpaired) electrons. The van der Waals surface area contributed by atoms with E-state index in [4.69, 9.17) is 4.74 Å². The Hall–Kier alpha value is -1.41. The summed E-state index contributed by atoms with van der Waals surface area (Å²) in [5.74, 6) is 0.135. The maximum absolute atomic E-state index is 12.9. The zero-order chi connectivity index (χ0) is 17.5. The van der Waals surface area contributed by atoms with Crippen LogP contribution in [0.2, 0.25) is 0 Å². The second-order valence-corrected chi connectivity index (χ2v) is 6.52. The summed E-state index contributed by atoms with van der Waals surface area (Å²) in [7, 11) is 0. The van der Waals surface area contributed by atoms with Gasteiger partial charge < -0.3 is 15.4 Å². The van der Waals surface area contributed by atoms with Gasteiger partial charge in [0.05, 0.1) is 5.69 Å². The molecule has 146 valence electrons. The number of amides is 1. The zero-order valence-corrected chi connectivity index (χ0v) is 17.3. The van der Waals surface area contributed by atoms with Crippen LogP contribution < -0.4 is 15.4 Å². The van der Waals surface area contributed by atoms with Crippen molar-refractivity contribution in [1.29, 1.82) is 0 Å². The predicted octanol–water partition coefficient (Wildman–Crippen LogP) is 3.74. The first-order chi connectivity index (χ1) is 11.5. The lowest BCUT2D eigenvalue weighted by atomic mass is 10.3. The van der Waals surface area contributed by atoms with Crippen LogP contribution in [0, 0.1) is 12.7 Å². The summed E-state index contributed by atoms with van der Waals surface area (Å²) in [6.45, 7) is 7.52. The number of rotatable bonds is 8. The van der Waals surface area contributed by atoms with E-state index >= 15 is 0 Å². The molecular weight excluding hydrogens is 400 g/mol. The average Bonchev–Trinajstić information content (AvgIpc) is 2.93. The van der Waals surface area contributed by atoms with Crippen molar-refractivity contribution in [3.8, 4) is 5.75 Å². The molecule has 0 saturated carbocycles. The molecule has 0 unspecified atom stereocenters. The van der Waals surface area contributed by atoms with Crippen LogP contribution in [-0.4, -0.2) is 30.0 Å². The topological polar surface area (TPSA) is 63.2 Å². The largest absolute Gasteiger partial charge is 0.486 e. The SMILES string of the molecule is CCN[C@H](C)CNC(=O)c1sc(COc2ccc(F)cc2)nc1C.Cl.Cl. The fourth-order valence-corrected chi connectivity index (χ4v) is 3.04. The van der Waals surface area contributed by atoms with Crippen LogP contribution in [0.3, 0.4) is 0 Å². The first-order valence-electron chi connectivity index (χ1n) is 7.85. The van der Waals surface area contributed by atoms with E-state index < -0.39 is 0 Å². The van der Waals surface area contributed by atoms with Gasteiger partial charge in [-0.05, 0) is 44.7 Å². The molecule has 2 rings (SSSR count). The molecule has 5 nitrogen and oxygen atoms in total. The van der Waals surface area contributed by atoms with E-state index in [1.54, 1.807) is 19.1 Å². The van der Waals surface area contributed by atoms with Crippen molar-refractivity contribution in [1.82, 2.24) is 15.6 Å². The standard InChI is InChI=1S/C17H22FN3O2S.2ClH/c1-4-19-11(2)9-20-17(22)16-12(3)21-15(24-16)10-23-14-7-5-13(18)6-8-14;;/h5-8,11,19H,4,9-10H2,1-3H3,(H,20,22);2*1H/t11-;;/m1../s1. The van der Waals surface area contributed by atoms with Crippen LogP contribution in [-0.2, 0) is 6.61 Å². The van der Waals surface area contributed by atoms with E-state index in [0.29, 0.717) is 27.9 Å². The first kappa shape index (κ1) is 24.6. The first-order valence-corrected chi connectivity index (χ1v) is 8.67. The third-order valence-corrected chi connectivity index (χ3v) is 4.47. The monoisotopic (exact) mass is 423 g/mol. The van der Waals surface area contributed by atoms with Crippen molar-refractivity contribution in [2.24, 2.45) is 0 Å². The van der Waals surface area contributed by atoms with E-state index in [9.17, 15) is 9.18 Å². The van der Waals surface area contributed by atoms with Gasteiger partial charge in [0.1, 0.15) is 28.1 Å². The summed E-state index contributed by atoms with van der Waals surface area (Å²) in [6.07, 6.45) is 0. The maximum atomic E-state index is 12.9. The molecule has 2 aromatic rings. The van der Waals surface area contributed by atoms with E-state index in [1.165, 1.54) is 23.5 Å². The number of aryl methyl sites for hydroxylation is 1. The molecule has 1 aromatic heterocycles. The number of aromatic nitrogens is 1. The zero-order valence-electron chi connectivity index (χ0n) is 14.9. The Balaban J connectivity index is 0.00000312. The highest BCUT2D eigenvalue weighted by molar-refractivity contribution is 7.13. The molecule has 0 saturated heterocycles. The number of likely N-dealkylation sites (N-methyl/N-ethyl adjacent to an activating group) is 1. The maximum Gasteiger partial charge on any atom is 0.263 e. The number of nitrogens with zero attached hydrogens (tertiary/aromatic N) is 1. The quantitative estimate of drug-likeness (QED) is 0.678. The van der Waals surface area contributed by atoms with Crippen molar-refractivity contribution in [3.05, 3.63) is 45.7 Å². The van der Waals surface area contributed by atoms with Crippen molar-refractivity contribution in [3.63, 3.8) is 0 Å². The molecule has 0 bridgehead atoms. The van der Waals surface area contributed by atoms with E-state index in [0.717, 1.165) is 6.54 Å². The van der Waals surface area contributed by atoms with Gasteiger partial charge in [-0.3, -0.25) is 4.79 Å². The lowest BCUT2D eigenvalue weighted by Crippen LogP contribution is -2.38. The minimum atomic E-state index is -0.307. The summed E-state index contributed by atoms with van der Waals surface area (Å²) >= 11 is 1.31. The Morgan fingerprint density at radius 3 is 2.58 bits per heavy atom. The van der Waals surface area contributed by atoms with Crippen molar-refractivity contribution < 1.29 is 13.9 Å². The molecule has 0 aliphatic carbocycles. The number of benzene rings is 1.